The minimum absolute atomic E-state index is 0.751. The van der Waals surface area contributed by atoms with E-state index in [0.717, 1.165) is 30.5 Å². The minimum Gasteiger partial charge on any atom is -0.383 e. The van der Waals surface area contributed by atoms with Crippen LogP contribution in [0, 0.1) is 6.92 Å². The molecule has 1 heterocycles. The van der Waals surface area contributed by atoms with Crippen LogP contribution in [0.5, 0.6) is 0 Å². The number of benzene rings is 1. The van der Waals surface area contributed by atoms with E-state index >= 15 is 0 Å². The number of hydrogen-bond acceptors (Lipinski definition) is 5. The lowest BCUT2D eigenvalue weighted by molar-refractivity contribution is 0.199. The molecule has 20 heavy (non-hydrogen) atoms. The van der Waals surface area contributed by atoms with Crippen molar-refractivity contribution < 1.29 is 4.74 Å². The Labute approximate surface area is 128 Å². The first-order valence-electron chi connectivity index (χ1n) is 6.60. The molecule has 3 nitrogen and oxygen atoms in total. The van der Waals surface area contributed by atoms with E-state index < -0.39 is 0 Å². The molecule has 0 unspecified atom stereocenters. The molecule has 1 aromatic heterocycles. The average Bonchev–Trinajstić information content (AvgIpc) is 2.88. The average molecular weight is 308 g/mol. The third kappa shape index (κ3) is 5.25. The van der Waals surface area contributed by atoms with Crippen molar-refractivity contribution in [3.8, 4) is 0 Å². The predicted molar refractivity (Wildman–Crippen MR) is 86.4 cm³/mol. The fraction of sp³-hybridized carbons (Fsp3) is 0.400. The summed E-state index contributed by atoms with van der Waals surface area (Å²) >= 11 is 3.54. The zero-order valence-electron chi connectivity index (χ0n) is 11.9. The fourth-order valence-corrected chi connectivity index (χ4v) is 3.25. The quantitative estimate of drug-likeness (QED) is 0.598. The van der Waals surface area contributed by atoms with Crippen LogP contribution in [0.3, 0.4) is 0 Å². The van der Waals surface area contributed by atoms with Crippen molar-refractivity contribution in [3.63, 3.8) is 0 Å². The van der Waals surface area contributed by atoms with Crippen LogP contribution in [0.2, 0.25) is 0 Å². The lowest BCUT2D eigenvalue weighted by atomic mass is 10.2. The molecular formula is C15H20N2OS2. The van der Waals surface area contributed by atoms with Gasteiger partial charge in [0.1, 0.15) is 0 Å². The lowest BCUT2D eigenvalue weighted by Crippen LogP contribution is -2.18. The molecule has 0 aliphatic carbocycles. The minimum atomic E-state index is 0.751. The highest BCUT2D eigenvalue weighted by molar-refractivity contribution is 7.98. The number of hydrogen-bond donors (Lipinski definition) is 1. The molecule has 0 saturated heterocycles. The molecule has 0 saturated carbocycles. The number of ether oxygens (including phenoxy) is 1. The van der Waals surface area contributed by atoms with Crippen molar-refractivity contribution in [2.45, 2.75) is 24.1 Å². The number of nitrogens with one attached hydrogen (secondary N) is 1. The van der Waals surface area contributed by atoms with Gasteiger partial charge in [-0.05, 0) is 24.6 Å². The van der Waals surface area contributed by atoms with Crippen LogP contribution < -0.4 is 5.32 Å². The third-order valence-corrected chi connectivity index (χ3v) is 4.66. The van der Waals surface area contributed by atoms with E-state index in [9.17, 15) is 0 Å². The van der Waals surface area contributed by atoms with Gasteiger partial charge >= 0.3 is 0 Å². The van der Waals surface area contributed by atoms with Crippen LogP contribution in [-0.2, 0) is 17.0 Å². The van der Waals surface area contributed by atoms with Crippen molar-refractivity contribution in [1.29, 1.82) is 0 Å². The Kier molecular flexibility index (Phi) is 6.53. The summed E-state index contributed by atoms with van der Waals surface area (Å²) in [7, 11) is 1.72. The molecule has 1 N–H and O–H groups in total. The normalized spacial score (nSPS) is 10.9. The van der Waals surface area contributed by atoms with E-state index in [-0.39, 0.29) is 0 Å². The molecule has 0 fully saturated rings. The third-order valence-electron chi connectivity index (χ3n) is 2.79. The SMILES string of the molecule is COCCNCc1ccc(SCc2csc(C)n2)cc1. The second-order valence-corrected chi connectivity index (χ2v) is 6.57. The van der Waals surface area contributed by atoms with Crippen LogP contribution in [0.15, 0.2) is 34.5 Å². The Bertz CT molecular complexity index is 511. The summed E-state index contributed by atoms with van der Waals surface area (Å²) in [6.45, 7) is 4.57. The summed E-state index contributed by atoms with van der Waals surface area (Å²) in [4.78, 5) is 5.77. The predicted octanol–water partition coefficient (Wildman–Crippen LogP) is 3.48. The van der Waals surface area contributed by atoms with Crippen molar-refractivity contribution in [3.05, 3.63) is 45.9 Å². The van der Waals surface area contributed by atoms with Crippen LogP contribution in [-0.4, -0.2) is 25.2 Å². The van der Waals surface area contributed by atoms with Gasteiger partial charge < -0.3 is 10.1 Å². The van der Waals surface area contributed by atoms with Crippen molar-refractivity contribution >= 4 is 23.1 Å². The molecule has 0 amide bonds. The van der Waals surface area contributed by atoms with Gasteiger partial charge in [0.15, 0.2) is 0 Å². The molecule has 108 valence electrons. The molecular weight excluding hydrogens is 288 g/mol. The number of aromatic nitrogens is 1. The second kappa shape index (κ2) is 8.42. The van der Waals surface area contributed by atoms with Gasteiger partial charge in [0.25, 0.3) is 0 Å². The highest BCUT2D eigenvalue weighted by Crippen LogP contribution is 2.23. The standard InChI is InChI=1S/C15H20N2OS2/c1-12-17-14(10-19-12)11-20-15-5-3-13(4-6-15)9-16-7-8-18-2/h3-6,10,16H,7-9,11H2,1-2H3. The van der Waals surface area contributed by atoms with E-state index in [2.05, 4.69) is 39.9 Å². The number of thioether (sulfide) groups is 1. The maximum atomic E-state index is 5.00. The van der Waals surface area contributed by atoms with Crippen molar-refractivity contribution in [2.24, 2.45) is 0 Å². The highest BCUT2D eigenvalue weighted by atomic mass is 32.2. The number of nitrogens with zero attached hydrogens (tertiary/aromatic N) is 1. The van der Waals surface area contributed by atoms with Crippen LogP contribution in [0.4, 0.5) is 0 Å². The molecule has 2 aromatic rings. The molecule has 1 aromatic carbocycles. The van der Waals surface area contributed by atoms with Gasteiger partial charge in [-0.1, -0.05) is 12.1 Å². The smallest absolute Gasteiger partial charge is 0.0897 e. The lowest BCUT2D eigenvalue weighted by Gasteiger charge is -2.05. The first-order chi connectivity index (χ1) is 9.78. The van der Waals surface area contributed by atoms with Crippen LogP contribution in [0.1, 0.15) is 16.3 Å². The molecule has 2 rings (SSSR count). The summed E-state index contributed by atoms with van der Waals surface area (Å²) in [6, 6.07) is 8.71. The van der Waals surface area contributed by atoms with Gasteiger partial charge in [0, 0.05) is 36.2 Å². The molecule has 0 aliphatic heterocycles. The van der Waals surface area contributed by atoms with Crippen LogP contribution >= 0.6 is 23.1 Å². The molecule has 0 spiro atoms. The highest BCUT2D eigenvalue weighted by Gasteiger charge is 2.00. The monoisotopic (exact) mass is 308 g/mol. The Hall–Kier alpha value is -0.880. The van der Waals surface area contributed by atoms with Crippen molar-refractivity contribution in [1.82, 2.24) is 10.3 Å². The Balaban J connectivity index is 1.76. The van der Waals surface area contributed by atoms with Gasteiger partial charge in [0.05, 0.1) is 17.3 Å². The van der Waals surface area contributed by atoms with E-state index in [1.54, 1.807) is 18.4 Å². The van der Waals surface area contributed by atoms with E-state index in [4.69, 9.17) is 4.74 Å². The summed E-state index contributed by atoms with van der Waals surface area (Å²) in [6.07, 6.45) is 0. The zero-order valence-corrected chi connectivity index (χ0v) is 13.5. The number of rotatable bonds is 8. The van der Waals surface area contributed by atoms with E-state index in [1.165, 1.54) is 16.2 Å². The Morgan fingerprint density at radius 3 is 2.75 bits per heavy atom. The summed E-state index contributed by atoms with van der Waals surface area (Å²) < 4.78 is 5.00. The van der Waals surface area contributed by atoms with E-state index in [1.807, 2.05) is 18.7 Å². The fourth-order valence-electron chi connectivity index (χ4n) is 1.74. The number of aryl methyl sites for hydroxylation is 1. The first-order valence-corrected chi connectivity index (χ1v) is 8.47. The summed E-state index contributed by atoms with van der Waals surface area (Å²) in [5.74, 6) is 0.940. The Morgan fingerprint density at radius 1 is 1.30 bits per heavy atom. The van der Waals surface area contributed by atoms with Gasteiger partial charge in [0.2, 0.25) is 0 Å². The van der Waals surface area contributed by atoms with Gasteiger partial charge in [-0.25, -0.2) is 4.98 Å². The molecule has 0 atom stereocenters. The molecule has 0 aliphatic rings. The maximum absolute atomic E-state index is 5.00. The van der Waals surface area contributed by atoms with Crippen LogP contribution in [0.25, 0.3) is 0 Å². The molecule has 0 radical (unpaired) electrons. The van der Waals surface area contributed by atoms with Gasteiger partial charge in [-0.15, -0.1) is 23.1 Å². The Morgan fingerprint density at radius 2 is 2.10 bits per heavy atom. The largest absolute Gasteiger partial charge is 0.383 e. The summed E-state index contributed by atoms with van der Waals surface area (Å²) in [5, 5.41) is 6.61. The second-order valence-electron chi connectivity index (χ2n) is 4.46. The first kappa shape index (κ1) is 15.5. The van der Waals surface area contributed by atoms with Crippen molar-refractivity contribution in [2.75, 3.05) is 20.3 Å². The number of thiazole rings is 1. The topological polar surface area (TPSA) is 34.1 Å². The van der Waals surface area contributed by atoms with Gasteiger partial charge in [-0.3, -0.25) is 0 Å². The van der Waals surface area contributed by atoms with E-state index in [0.29, 0.717) is 0 Å². The number of methoxy groups -OCH3 is 1. The zero-order chi connectivity index (χ0) is 14.2. The summed E-state index contributed by atoms with van der Waals surface area (Å²) in [5.41, 5.74) is 2.47. The molecule has 0 bridgehead atoms. The maximum Gasteiger partial charge on any atom is 0.0897 e. The molecule has 5 heteroatoms. The van der Waals surface area contributed by atoms with Gasteiger partial charge in [-0.2, -0.15) is 0 Å².